The van der Waals surface area contributed by atoms with Crippen LogP contribution in [0.4, 0.5) is 5.69 Å². The fourth-order valence-corrected chi connectivity index (χ4v) is 2.16. The standard InChI is InChI=1S/C15H21N3O/c1-3-4-5-10(2)17-15(19)14-9-11-8-12(16)6-7-13(11)18-14/h6-10,18H,3-5,16H2,1-2H3,(H,17,19). The van der Waals surface area contributed by atoms with E-state index in [1.54, 1.807) is 0 Å². The summed E-state index contributed by atoms with van der Waals surface area (Å²) in [7, 11) is 0. The van der Waals surface area contributed by atoms with E-state index in [9.17, 15) is 4.79 Å². The number of nitrogens with two attached hydrogens (primary N) is 1. The van der Waals surface area contributed by atoms with Crippen molar-refractivity contribution >= 4 is 22.5 Å². The van der Waals surface area contributed by atoms with E-state index in [1.807, 2.05) is 31.2 Å². The number of hydrogen-bond acceptors (Lipinski definition) is 2. The van der Waals surface area contributed by atoms with E-state index in [1.165, 1.54) is 0 Å². The van der Waals surface area contributed by atoms with Crippen LogP contribution in [0.2, 0.25) is 0 Å². The second kappa shape index (κ2) is 5.78. The van der Waals surface area contributed by atoms with Gasteiger partial charge in [0, 0.05) is 22.6 Å². The lowest BCUT2D eigenvalue weighted by Crippen LogP contribution is -2.32. The third-order valence-corrected chi connectivity index (χ3v) is 3.26. The minimum Gasteiger partial charge on any atom is -0.399 e. The highest BCUT2D eigenvalue weighted by atomic mass is 16.1. The monoisotopic (exact) mass is 259 g/mol. The number of carbonyl (C=O) groups is 1. The molecule has 1 aromatic heterocycles. The van der Waals surface area contributed by atoms with Crippen LogP contribution in [0.25, 0.3) is 10.9 Å². The fourth-order valence-electron chi connectivity index (χ4n) is 2.16. The van der Waals surface area contributed by atoms with Crippen molar-refractivity contribution in [2.24, 2.45) is 0 Å². The van der Waals surface area contributed by atoms with Gasteiger partial charge in [0.1, 0.15) is 5.69 Å². The van der Waals surface area contributed by atoms with E-state index in [2.05, 4.69) is 17.2 Å². The maximum Gasteiger partial charge on any atom is 0.267 e. The minimum absolute atomic E-state index is 0.0571. The topological polar surface area (TPSA) is 70.9 Å². The Morgan fingerprint density at radius 3 is 2.95 bits per heavy atom. The van der Waals surface area contributed by atoms with Gasteiger partial charge in [-0.05, 0) is 37.6 Å². The van der Waals surface area contributed by atoms with E-state index >= 15 is 0 Å². The number of H-pyrrole nitrogens is 1. The number of nitrogen functional groups attached to an aromatic ring is 1. The Labute approximate surface area is 113 Å². The van der Waals surface area contributed by atoms with Crippen LogP contribution in [0, 0.1) is 0 Å². The second-order valence-electron chi connectivity index (χ2n) is 5.05. The predicted molar refractivity (Wildman–Crippen MR) is 79.2 cm³/mol. The lowest BCUT2D eigenvalue weighted by Gasteiger charge is -2.12. The molecule has 0 bridgehead atoms. The summed E-state index contributed by atoms with van der Waals surface area (Å²) in [5, 5.41) is 3.97. The Morgan fingerprint density at radius 2 is 2.21 bits per heavy atom. The third-order valence-electron chi connectivity index (χ3n) is 3.26. The zero-order chi connectivity index (χ0) is 13.8. The first-order valence-corrected chi connectivity index (χ1v) is 6.79. The normalized spacial score (nSPS) is 12.5. The predicted octanol–water partition coefficient (Wildman–Crippen LogP) is 3.06. The number of aromatic amines is 1. The number of amides is 1. The van der Waals surface area contributed by atoms with Gasteiger partial charge in [0.15, 0.2) is 0 Å². The number of hydrogen-bond donors (Lipinski definition) is 3. The van der Waals surface area contributed by atoms with Gasteiger partial charge in [-0.3, -0.25) is 4.79 Å². The first-order valence-electron chi connectivity index (χ1n) is 6.79. The Morgan fingerprint density at radius 1 is 1.42 bits per heavy atom. The zero-order valence-electron chi connectivity index (χ0n) is 11.5. The summed E-state index contributed by atoms with van der Waals surface area (Å²) < 4.78 is 0. The van der Waals surface area contributed by atoms with E-state index < -0.39 is 0 Å². The Hall–Kier alpha value is -1.97. The molecule has 102 valence electrons. The molecular formula is C15H21N3O. The molecule has 1 amide bonds. The number of benzene rings is 1. The van der Waals surface area contributed by atoms with Crippen molar-refractivity contribution in [2.45, 2.75) is 39.2 Å². The van der Waals surface area contributed by atoms with Crippen molar-refractivity contribution in [3.05, 3.63) is 30.0 Å². The number of fused-ring (bicyclic) bond motifs is 1. The van der Waals surface area contributed by atoms with Crippen LogP contribution in [0.15, 0.2) is 24.3 Å². The van der Waals surface area contributed by atoms with Crippen LogP contribution in [0.5, 0.6) is 0 Å². The summed E-state index contributed by atoms with van der Waals surface area (Å²) in [4.78, 5) is 15.2. The maximum atomic E-state index is 12.1. The zero-order valence-corrected chi connectivity index (χ0v) is 11.5. The van der Waals surface area contributed by atoms with Crippen molar-refractivity contribution in [1.82, 2.24) is 10.3 Å². The quantitative estimate of drug-likeness (QED) is 0.722. The SMILES string of the molecule is CCCCC(C)NC(=O)c1cc2cc(N)ccc2[nH]1. The Bertz CT molecular complexity index is 574. The number of aromatic nitrogens is 1. The number of unbranched alkanes of at least 4 members (excludes halogenated alkanes) is 1. The molecule has 0 radical (unpaired) electrons. The molecule has 1 atom stereocenters. The van der Waals surface area contributed by atoms with Gasteiger partial charge in [0.2, 0.25) is 0 Å². The largest absolute Gasteiger partial charge is 0.399 e. The molecule has 0 aliphatic rings. The van der Waals surface area contributed by atoms with E-state index in [-0.39, 0.29) is 11.9 Å². The Balaban J connectivity index is 2.08. The summed E-state index contributed by atoms with van der Waals surface area (Å²) >= 11 is 0. The highest BCUT2D eigenvalue weighted by Gasteiger charge is 2.12. The molecule has 0 saturated carbocycles. The molecule has 0 fully saturated rings. The van der Waals surface area contributed by atoms with Crippen LogP contribution >= 0.6 is 0 Å². The van der Waals surface area contributed by atoms with Crippen molar-refractivity contribution in [3.63, 3.8) is 0 Å². The molecule has 0 aliphatic heterocycles. The van der Waals surface area contributed by atoms with Gasteiger partial charge in [-0.15, -0.1) is 0 Å². The van der Waals surface area contributed by atoms with Gasteiger partial charge in [0.25, 0.3) is 5.91 Å². The molecule has 1 unspecified atom stereocenters. The lowest BCUT2D eigenvalue weighted by atomic mass is 10.1. The van der Waals surface area contributed by atoms with Gasteiger partial charge in [-0.1, -0.05) is 19.8 Å². The van der Waals surface area contributed by atoms with Crippen molar-refractivity contribution in [1.29, 1.82) is 0 Å². The smallest absolute Gasteiger partial charge is 0.267 e. The number of carbonyl (C=O) groups excluding carboxylic acids is 1. The number of nitrogens with one attached hydrogen (secondary N) is 2. The van der Waals surface area contributed by atoms with Gasteiger partial charge in [-0.25, -0.2) is 0 Å². The van der Waals surface area contributed by atoms with Crippen LogP contribution in [-0.2, 0) is 0 Å². The first kappa shape index (κ1) is 13.5. The van der Waals surface area contributed by atoms with Crippen LogP contribution in [0.1, 0.15) is 43.6 Å². The van der Waals surface area contributed by atoms with Gasteiger partial charge >= 0.3 is 0 Å². The molecule has 4 heteroatoms. The van der Waals surface area contributed by atoms with Crippen LogP contribution in [0.3, 0.4) is 0 Å². The minimum atomic E-state index is -0.0571. The molecule has 1 aromatic carbocycles. The summed E-state index contributed by atoms with van der Waals surface area (Å²) in [5.41, 5.74) is 7.95. The summed E-state index contributed by atoms with van der Waals surface area (Å²) in [6.45, 7) is 4.19. The second-order valence-corrected chi connectivity index (χ2v) is 5.05. The van der Waals surface area contributed by atoms with Gasteiger partial charge in [-0.2, -0.15) is 0 Å². The average Bonchev–Trinajstić information content (AvgIpc) is 2.79. The molecule has 4 N–H and O–H groups in total. The summed E-state index contributed by atoms with van der Waals surface area (Å²) in [6, 6.07) is 7.62. The van der Waals surface area contributed by atoms with Crippen LogP contribution < -0.4 is 11.1 Å². The fraction of sp³-hybridized carbons (Fsp3) is 0.400. The van der Waals surface area contributed by atoms with E-state index in [0.717, 1.165) is 30.2 Å². The molecule has 2 rings (SSSR count). The highest BCUT2D eigenvalue weighted by Crippen LogP contribution is 2.18. The Kier molecular flexibility index (Phi) is 4.10. The number of rotatable bonds is 5. The van der Waals surface area contributed by atoms with Crippen molar-refractivity contribution in [3.8, 4) is 0 Å². The molecular weight excluding hydrogens is 238 g/mol. The molecule has 0 saturated heterocycles. The molecule has 4 nitrogen and oxygen atoms in total. The number of anilines is 1. The molecule has 0 spiro atoms. The molecule has 2 aromatic rings. The molecule has 19 heavy (non-hydrogen) atoms. The van der Waals surface area contributed by atoms with Crippen molar-refractivity contribution < 1.29 is 4.79 Å². The van der Waals surface area contributed by atoms with E-state index in [4.69, 9.17) is 5.73 Å². The first-order chi connectivity index (χ1) is 9.10. The molecule has 0 aliphatic carbocycles. The van der Waals surface area contributed by atoms with Crippen LogP contribution in [-0.4, -0.2) is 16.9 Å². The van der Waals surface area contributed by atoms with Gasteiger partial charge in [0.05, 0.1) is 0 Å². The molecule has 1 heterocycles. The lowest BCUT2D eigenvalue weighted by molar-refractivity contribution is 0.0934. The van der Waals surface area contributed by atoms with E-state index in [0.29, 0.717) is 11.4 Å². The van der Waals surface area contributed by atoms with Gasteiger partial charge < -0.3 is 16.0 Å². The highest BCUT2D eigenvalue weighted by molar-refractivity contribution is 5.98. The third kappa shape index (κ3) is 3.28. The maximum absolute atomic E-state index is 12.1. The average molecular weight is 259 g/mol. The summed E-state index contributed by atoms with van der Waals surface area (Å²) in [6.07, 6.45) is 3.28. The summed E-state index contributed by atoms with van der Waals surface area (Å²) in [5.74, 6) is -0.0571. The van der Waals surface area contributed by atoms with Crippen molar-refractivity contribution in [2.75, 3.05) is 5.73 Å².